The van der Waals surface area contributed by atoms with Crippen molar-refractivity contribution < 1.29 is 0 Å². The second-order valence-electron chi connectivity index (χ2n) is 6.42. The van der Waals surface area contributed by atoms with Crippen molar-refractivity contribution in [2.24, 2.45) is 0 Å². The van der Waals surface area contributed by atoms with Gasteiger partial charge in [0.2, 0.25) is 0 Å². The van der Waals surface area contributed by atoms with Crippen molar-refractivity contribution in [3.63, 3.8) is 0 Å². The smallest absolute Gasteiger partial charge is 0.0261 e. The first-order valence-corrected chi connectivity index (χ1v) is 10.1. The number of fused-ring (bicyclic) bond motifs is 4. The zero-order valence-electron chi connectivity index (χ0n) is 13.8. The summed E-state index contributed by atoms with van der Waals surface area (Å²) in [4.78, 5) is 0. The number of halogens is 2. The Morgan fingerprint density at radius 1 is 0.346 bits per heavy atom. The topological polar surface area (TPSA) is 0 Å². The van der Waals surface area contributed by atoms with Gasteiger partial charge in [-0.1, -0.05) is 105 Å². The zero-order chi connectivity index (χ0) is 17.7. The third-order valence-electron chi connectivity index (χ3n) is 5.00. The lowest BCUT2D eigenvalue weighted by atomic mass is 10.0. The fraction of sp³-hybridized carbons (Fsp3) is 0. The van der Waals surface area contributed by atoms with Crippen LogP contribution in [0.4, 0.5) is 0 Å². The molecule has 0 unspecified atom stereocenters. The van der Waals surface area contributed by atoms with Crippen LogP contribution in [0.3, 0.4) is 0 Å². The van der Waals surface area contributed by atoms with Gasteiger partial charge in [0.25, 0.3) is 0 Å². The third kappa shape index (κ3) is 2.33. The Balaban J connectivity index is 2.51. The van der Waals surface area contributed by atoms with E-state index < -0.39 is 0 Å². The van der Waals surface area contributed by atoms with E-state index in [1.165, 1.54) is 41.7 Å². The summed E-state index contributed by atoms with van der Waals surface area (Å²) < 4.78 is 2.22. The molecule has 124 valence electrons. The molecule has 0 radical (unpaired) electrons. The minimum Gasteiger partial charge on any atom is -0.0616 e. The van der Waals surface area contributed by atoms with Crippen LogP contribution in [0.1, 0.15) is 0 Å². The minimum absolute atomic E-state index is 1.11. The van der Waals surface area contributed by atoms with E-state index in [1.54, 1.807) is 0 Å². The van der Waals surface area contributed by atoms with E-state index in [1.807, 2.05) is 0 Å². The van der Waals surface area contributed by atoms with Gasteiger partial charge in [-0.2, -0.15) is 0 Å². The first kappa shape index (κ1) is 16.0. The SMILES string of the molecule is Brc1ccc(Br)c2/c1=c1/cccc/c1=c1\cccc\c1=c1/cccc/c1=2. The minimum atomic E-state index is 1.11. The van der Waals surface area contributed by atoms with Gasteiger partial charge in [0.05, 0.1) is 0 Å². The second kappa shape index (κ2) is 6.22. The van der Waals surface area contributed by atoms with Gasteiger partial charge in [0.15, 0.2) is 0 Å². The molecular weight excluding hydrogens is 448 g/mol. The average molecular weight is 462 g/mol. The van der Waals surface area contributed by atoms with E-state index in [0.717, 1.165) is 8.95 Å². The Morgan fingerprint density at radius 2 is 0.615 bits per heavy atom. The average Bonchev–Trinajstić information content (AvgIpc) is 2.68. The fourth-order valence-corrected chi connectivity index (χ4v) is 4.99. The van der Waals surface area contributed by atoms with E-state index in [0.29, 0.717) is 0 Å². The van der Waals surface area contributed by atoms with Gasteiger partial charge in [-0.25, -0.2) is 0 Å². The molecule has 0 fully saturated rings. The van der Waals surface area contributed by atoms with E-state index in [4.69, 9.17) is 0 Å². The van der Waals surface area contributed by atoms with Crippen molar-refractivity contribution in [2.45, 2.75) is 0 Å². The highest BCUT2D eigenvalue weighted by Gasteiger charge is 2.05. The van der Waals surface area contributed by atoms with Crippen molar-refractivity contribution >= 4 is 31.9 Å². The van der Waals surface area contributed by atoms with E-state index in [9.17, 15) is 0 Å². The summed E-state index contributed by atoms with van der Waals surface area (Å²) in [7, 11) is 0. The van der Waals surface area contributed by atoms with Gasteiger partial charge in [-0.3, -0.25) is 0 Å². The summed E-state index contributed by atoms with van der Waals surface area (Å²) in [5.41, 5.74) is 0. The summed E-state index contributed by atoms with van der Waals surface area (Å²) in [5, 5.41) is 10.0. The summed E-state index contributed by atoms with van der Waals surface area (Å²) in [6.07, 6.45) is 0. The normalized spacial score (nSPS) is 17.0. The van der Waals surface area contributed by atoms with Crippen LogP contribution in [0.25, 0.3) is 0 Å². The van der Waals surface area contributed by atoms with Crippen molar-refractivity contribution in [1.29, 1.82) is 0 Å². The number of benzene rings is 4. The fourth-order valence-electron chi connectivity index (χ4n) is 3.90. The lowest BCUT2D eigenvalue weighted by Crippen LogP contribution is -1.91. The standard InChI is InChI=1S/C24H14Br2/c25-21-13-14-22(26)24-20-12-6-4-10-18(20)16-8-2-1-7-15(16)17-9-3-5-11-19(17)23(21)24/h1-14H/b17-15-,18-16-,23-19-,24-20-. The van der Waals surface area contributed by atoms with Gasteiger partial charge < -0.3 is 0 Å². The molecule has 1 aliphatic carbocycles. The van der Waals surface area contributed by atoms with Crippen LogP contribution < -0.4 is 0 Å². The number of hydrogen-bond acceptors (Lipinski definition) is 0. The molecule has 4 aromatic rings. The maximum Gasteiger partial charge on any atom is 0.0261 e. The predicted octanol–water partition coefficient (Wildman–Crippen LogP) is 6.67. The van der Waals surface area contributed by atoms with Crippen molar-refractivity contribution in [3.8, 4) is 0 Å². The molecular formula is C24H14Br2. The number of hydrogen-bond donors (Lipinski definition) is 0. The molecule has 5 rings (SSSR count). The molecule has 4 aromatic carbocycles. The van der Waals surface area contributed by atoms with Gasteiger partial charge in [0.1, 0.15) is 0 Å². The third-order valence-corrected chi connectivity index (χ3v) is 6.33. The monoisotopic (exact) mass is 460 g/mol. The van der Waals surface area contributed by atoms with Gasteiger partial charge in [-0.15, -0.1) is 0 Å². The molecule has 0 aromatic heterocycles. The van der Waals surface area contributed by atoms with Crippen LogP contribution in [0.2, 0.25) is 0 Å². The molecule has 0 N–H and O–H groups in total. The Kier molecular flexibility index (Phi) is 3.84. The quantitative estimate of drug-likeness (QED) is 0.241. The van der Waals surface area contributed by atoms with Crippen LogP contribution >= 0.6 is 31.9 Å². The highest BCUT2D eigenvalue weighted by Crippen LogP contribution is 2.24. The lowest BCUT2D eigenvalue weighted by molar-refractivity contribution is 1.27. The highest BCUT2D eigenvalue weighted by molar-refractivity contribution is 9.11. The zero-order valence-corrected chi connectivity index (χ0v) is 17.0. The van der Waals surface area contributed by atoms with Crippen LogP contribution in [0.15, 0.2) is 93.9 Å². The highest BCUT2D eigenvalue weighted by atomic mass is 79.9. The maximum atomic E-state index is 3.82. The summed E-state index contributed by atoms with van der Waals surface area (Å²) in [6.45, 7) is 0. The van der Waals surface area contributed by atoms with Crippen LogP contribution in [0.5, 0.6) is 0 Å². The maximum absolute atomic E-state index is 3.82. The van der Waals surface area contributed by atoms with Crippen molar-refractivity contribution in [3.05, 3.63) is 136 Å². The molecule has 0 saturated heterocycles. The van der Waals surface area contributed by atoms with Crippen molar-refractivity contribution in [2.75, 3.05) is 0 Å². The first-order chi connectivity index (χ1) is 12.8. The van der Waals surface area contributed by atoms with Crippen LogP contribution in [-0.2, 0) is 0 Å². The van der Waals surface area contributed by atoms with Crippen LogP contribution in [0, 0.1) is 41.7 Å². The summed E-state index contributed by atoms with van der Waals surface area (Å²) >= 11 is 7.63. The predicted molar refractivity (Wildman–Crippen MR) is 112 cm³/mol. The molecule has 0 heterocycles. The first-order valence-electron chi connectivity index (χ1n) is 8.52. The van der Waals surface area contributed by atoms with Gasteiger partial charge in [0, 0.05) is 19.4 Å². The largest absolute Gasteiger partial charge is 0.0616 e. The van der Waals surface area contributed by atoms with Crippen LogP contribution in [-0.4, -0.2) is 0 Å². The molecule has 0 saturated carbocycles. The molecule has 26 heavy (non-hydrogen) atoms. The lowest BCUT2D eigenvalue weighted by Gasteiger charge is -2.05. The number of rotatable bonds is 0. The van der Waals surface area contributed by atoms with Crippen molar-refractivity contribution in [1.82, 2.24) is 0 Å². The molecule has 0 bridgehead atoms. The molecule has 0 aliphatic heterocycles. The van der Waals surface area contributed by atoms with Gasteiger partial charge >= 0.3 is 0 Å². The van der Waals surface area contributed by atoms with E-state index in [2.05, 4.69) is 117 Å². The molecule has 0 amide bonds. The molecule has 1 aliphatic rings. The Morgan fingerprint density at radius 3 is 0.962 bits per heavy atom. The Labute approximate surface area is 167 Å². The molecule has 0 spiro atoms. The van der Waals surface area contributed by atoms with Gasteiger partial charge in [-0.05, 0) is 43.4 Å². The molecule has 0 atom stereocenters. The molecule has 2 heteroatoms. The Hall–Kier alpha value is -2.16. The Bertz CT molecular complexity index is 1440. The summed E-state index contributed by atoms with van der Waals surface area (Å²) in [6, 6.07) is 30.3. The second-order valence-corrected chi connectivity index (χ2v) is 8.12. The molecule has 0 nitrogen and oxygen atoms in total. The summed E-state index contributed by atoms with van der Waals surface area (Å²) in [5.74, 6) is 0. The van der Waals surface area contributed by atoms with E-state index in [-0.39, 0.29) is 0 Å². The van der Waals surface area contributed by atoms with E-state index >= 15 is 0 Å².